The summed E-state index contributed by atoms with van der Waals surface area (Å²) < 4.78 is 0.991. The molecule has 0 unspecified atom stereocenters. The lowest BCUT2D eigenvalue weighted by Crippen LogP contribution is -2.45. The number of halogens is 4. The Morgan fingerprint density at radius 2 is 1.48 bits per heavy atom. The molecule has 0 saturated carbocycles. The summed E-state index contributed by atoms with van der Waals surface area (Å²) in [6.45, 7) is 0. The minimum Gasteiger partial charge on any atom is -0.259 e. The monoisotopic (exact) mass is 480 g/mol. The maximum absolute atomic E-state index is 6.45. The number of hydrazone groups is 1. The van der Waals surface area contributed by atoms with Crippen molar-refractivity contribution in [2.24, 2.45) is 5.10 Å². The maximum Gasteiger partial charge on any atom is 0.176 e. The summed E-state index contributed by atoms with van der Waals surface area (Å²) in [6.07, 6.45) is 0. The first kappa shape index (κ1) is 18.4. The molecular weight excluding hydrogens is 471 g/mol. The van der Waals surface area contributed by atoms with E-state index in [-0.39, 0.29) is 0 Å². The Balaban J connectivity index is 1.80. The molecule has 4 nitrogen and oxygen atoms in total. The molecule has 1 heterocycles. The second-order valence-corrected chi connectivity index (χ2v) is 7.89. The molecule has 27 heavy (non-hydrogen) atoms. The van der Waals surface area contributed by atoms with Crippen LogP contribution >= 0.6 is 50.7 Å². The Morgan fingerprint density at radius 3 is 2.11 bits per heavy atom. The van der Waals surface area contributed by atoms with E-state index in [1.165, 1.54) is 0 Å². The molecule has 3 aromatic rings. The number of nitrogens with zero attached hydrogens (tertiary/aromatic N) is 3. The van der Waals surface area contributed by atoms with Gasteiger partial charge < -0.3 is 0 Å². The van der Waals surface area contributed by atoms with Gasteiger partial charge in [0.2, 0.25) is 0 Å². The van der Waals surface area contributed by atoms with Crippen LogP contribution in [0.15, 0.2) is 76.3 Å². The van der Waals surface area contributed by atoms with Crippen LogP contribution in [0.3, 0.4) is 0 Å². The number of anilines is 2. The Kier molecular flexibility index (Phi) is 5.19. The SMILES string of the molecule is Clc1cc(Cl)c(N2NC(c3ccc(Br)cc3)=NN2c2ccccc2)c(Cl)c1. The standard InChI is InChI=1S/C19H12BrCl3N4/c20-13-8-6-12(7-9-13)19-24-26(15-4-2-1-3-5-15)27(25-19)18-16(22)10-14(21)11-17(18)23/h1-11H,(H,24,25). The highest BCUT2D eigenvalue weighted by atomic mass is 79.9. The van der Waals surface area contributed by atoms with E-state index in [1.807, 2.05) is 54.6 Å². The molecule has 0 amide bonds. The molecule has 0 bridgehead atoms. The predicted octanol–water partition coefficient (Wildman–Crippen LogP) is 6.52. The summed E-state index contributed by atoms with van der Waals surface area (Å²) in [5.74, 6) is 0.661. The molecule has 4 rings (SSSR count). The molecule has 0 atom stereocenters. The quantitative estimate of drug-likeness (QED) is 0.461. The van der Waals surface area contributed by atoms with Crippen molar-refractivity contribution in [1.82, 2.24) is 5.43 Å². The van der Waals surface area contributed by atoms with Gasteiger partial charge in [0.1, 0.15) is 5.69 Å². The lowest BCUT2D eigenvalue weighted by atomic mass is 10.2. The van der Waals surface area contributed by atoms with Gasteiger partial charge in [-0.1, -0.05) is 81.1 Å². The van der Waals surface area contributed by atoms with Gasteiger partial charge in [-0.25, -0.2) is 0 Å². The highest BCUT2D eigenvalue weighted by molar-refractivity contribution is 9.10. The second-order valence-electron chi connectivity index (χ2n) is 5.72. The average molecular weight is 483 g/mol. The molecule has 136 valence electrons. The van der Waals surface area contributed by atoms with Crippen molar-refractivity contribution in [3.8, 4) is 0 Å². The molecule has 0 aliphatic carbocycles. The fourth-order valence-electron chi connectivity index (χ4n) is 2.66. The predicted molar refractivity (Wildman–Crippen MR) is 117 cm³/mol. The Morgan fingerprint density at radius 1 is 0.852 bits per heavy atom. The van der Waals surface area contributed by atoms with Crippen molar-refractivity contribution >= 4 is 67.9 Å². The molecule has 0 aromatic heterocycles. The van der Waals surface area contributed by atoms with Gasteiger partial charge in [0.25, 0.3) is 0 Å². The zero-order valence-electron chi connectivity index (χ0n) is 13.7. The van der Waals surface area contributed by atoms with E-state index in [2.05, 4.69) is 21.4 Å². The third-order valence-corrected chi connectivity index (χ3v) is 5.22. The Hall–Kier alpha value is -1.92. The normalized spacial score (nSPS) is 13.6. The van der Waals surface area contributed by atoms with Crippen LogP contribution in [0.5, 0.6) is 0 Å². The fraction of sp³-hybridized carbons (Fsp3) is 0. The maximum atomic E-state index is 6.45. The van der Waals surface area contributed by atoms with Crippen molar-refractivity contribution in [3.63, 3.8) is 0 Å². The number of nitrogens with one attached hydrogen (secondary N) is 1. The first-order valence-electron chi connectivity index (χ1n) is 7.94. The van der Waals surface area contributed by atoms with Crippen molar-refractivity contribution in [1.29, 1.82) is 0 Å². The van der Waals surface area contributed by atoms with Gasteiger partial charge >= 0.3 is 0 Å². The topological polar surface area (TPSA) is 30.9 Å². The molecular formula is C19H12BrCl3N4. The van der Waals surface area contributed by atoms with Crippen LogP contribution in [0.2, 0.25) is 15.1 Å². The van der Waals surface area contributed by atoms with Crippen LogP contribution in [0.4, 0.5) is 11.4 Å². The van der Waals surface area contributed by atoms with Crippen LogP contribution in [0, 0.1) is 0 Å². The van der Waals surface area contributed by atoms with Crippen LogP contribution in [0.25, 0.3) is 0 Å². The molecule has 3 aromatic carbocycles. The van der Waals surface area contributed by atoms with E-state index >= 15 is 0 Å². The summed E-state index contributed by atoms with van der Waals surface area (Å²) >= 11 is 22.4. The zero-order valence-corrected chi connectivity index (χ0v) is 17.6. The summed E-state index contributed by atoms with van der Waals surface area (Å²) in [7, 11) is 0. The van der Waals surface area contributed by atoms with Crippen molar-refractivity contribution in [2.45, 2.75) is 0 Å². The van der Waals surface area contributed by atoms with Crippen molar-refractivity contribution in [2.75, 3.05) is 10.2 Å². The lowest BCUT2D eigenvalue weighted by molar-refractivity contribution is 0.771. The number of hydrazine groups is 2. The second kappa shape index (κ2) is 7.60. The van der Waals surface area contributed by atoms with Crippen LogP contribution in [-0.2, 0) is 0 Å². The fourth-order valence-corrected chi connectivity index (χ4v) is 3.90. The molecule has 0 fully saturated rings. The molecule has 0 spiro atoms. The van der Waals surface area contributed by atoms with Crippen molar-refractivity contribution < 1.29 is 0 Å². The van der Waals surface area contributed by atoms with Gasteiger partial charge in [-0.3, -0.25) is 5.43 Å². The van der Waals surface area contributed by atoms with E-state index in [1.54, 1.807) is 22.4 Å². The first-order valence-corrected chi connectivity index (χ1v) is 9.86. The van der Waals surface area contributed by atoms with Gasteiger partial charge in [0, 0.05) is 15.1 Å². The molecule has 1 aliphatic heterocycles. The third-order valence-electron chi connectivity index (χ3n) is 3.89. The summed E-state index contributed by atoms with van der Waals surface area (Å²) in [5, 5.41) is 9.42. The molecule has 8 heteroatoms. The van der Waals surface area contributed by atoms with Crippen LogP contribution in [0.1, 0.15) is 5.56 Å². The van der Waals surface area contributed by atoms with Crippen LogP contribution < -0.4 is 15.7 Å². The van der Waals surface area contributed by atoms with E-state index in [9.17, 15) is 0 Å². The van der Waals surface area contributed by atoms with E-state index in [0.29, 0.717) is 26.6 Å². The number of amidine groups is 1. The van der Waals surface area contributed by atoms with Gasteiger partial charge in [-0.15, -0.1) is 5.10 Å². The first-order chi connectivity index (χ1) is 13.0. The van der Waals surface area contributed by atoms with Gasteiger partial charge in [-0.05, 0) is 36.4 Å². The van der Waals surface area contributed by atoms with Gasteiger partial charge in [-0.2, -0.15) is 10.2 Å². The van der Waals surface area contributed by atoms with Crippen molar-refractivity contribution in [3.05, 3.63) is 91.8 Å². The van der Waals surface area contributed by atoms with Gasteiger partial charge in [0.15, 0.2) is 5.84 Å². The zero-order chi connectivity index (χ0) is 19.0. The minimum atomic E-state index is 0.410. The smallest absolute Gasteiger partial charge is 0.176 e. The number of hydrogen-bond donors (Lipinski definition) is 1. The highest BCUT2D eigenvalue weighted by Gasteiger charge is 2.29. The van der Waals surface area contributed by atoms with Gasteiger partial charge in [0.05, 0.1) is 15.7 Å². The van der Waals surface area contributed by atoms with Crippen LogP contribution in [-0.4, -0.2) is 5.84 Å². The molecule has 1 N–H and O–H groups in total. The molecule has 0 radical (unpaired) electrons. The van der Waals surface area contributed by atoms with E-state index in [4.69, 9.17) is 39.9 Å². The Labute approximate surface area is 180 Å². The minimum absolute atomic E-state index is 0.410. The van der Waals surface area contributed by atoms with E-state index < -0.39 is 0 Å². The van der Waals surface area contributed by atoms with E-state index in [0.717, 1.165) is 15.7 Å². The summed E-state index contributed by atoms with van der Waals surface area (Å²) in [4.78, 5) is 0. The average Bonchev–Trinajstić information content (AvgIpc) is 3.07. The third kappa shape index (κ3) is 3.73. The summed E-state index contributed by atoms with van der Waals surface area (Å²) in [6, 6.07) is 20.8. The number of para-hydroxylation sites is 1. The largest absolute Gasteiger partial charge is 0.259 e. The Bertz CT molecular complexity index is 986. The number of rotatable bonds is 3. The highest BCUT2D eigenvalue weighted by Crippen LogP contribution is 2.38. The number of hydrogen-bond acceptors (Lipinski definition) is 4. The summed E-state index contributed by atoms with van der Waals surface area (Å²) in [5.41, 5.74) is 5.60. The molecule has 0 saturated heterocycles. The lowest BCUT2D eigenvalue weighted by Gasteiger charge is -2.29. The number of benzene rings is 3. The molecule has 1 aliphatic rings.